The van der Waals surface area contributed by atoms with E-state index < -0.39 is 12.1 Å². The van der Waals surface area contributed by atoms with Crippen molar-refractivity contribution in [3.63, 3.8) is 0 Å². The topological polar surface area (TPSA) is 62.7 Å². The van der Waals surface area contributed by atoms with E-state index in [1.54, 1.807) is 16.0 Å². The Bertz CT molecular complexity index is 1260. The number of rotatable bonds is 5. The van der Waals surface area contributed by atoms with Crippen LogP contribution in [-0.4, -0.2) is 34.5 Å². The van der Waals surface area contributed by atoms with Gasteiger partial charge in [0.25, 0.3) is 5.91 Å². The predicted octanol–water partition coefficient (Wildman–Crippen LogP) is 5.76. The number of hydrogen-bond acceptors (Lipinski definition) is 5. The maximum atomic E-state index is 13.8. The van der Waals surface area contributed by atoms with E-state index in [1.165, 1.54) is 11.3 Å². The van der Waals surface area contributed by atoms with Crippen LogP contribution in [-0.2, 0) is 16.1 Å². The average Bonchev–Trinajstić information content (AvgIpc) is 3.56. The largest absolute Gasteiger partial charge is 0.445 e. The molecule has 166 valence electrons. The summed E-state index contributed by atoms with van der Waals surface area (Å²) in [7, 11) is 0. The SMILES string of the molecule is O=C(C1CCCN1C(=O)OCc1ccccc1)N(c1ccc2ccccc2c1)c1nccs1. The monoisotopic (exact) mass is 457 g/mol. The Morgan fingerprint density at radius 3 is 2.61 bits per heavy atom. The Balaban J connectivity index is 1.40. The number of carbonyl (C=O) groups excluding carboxylic acids is 2. The van der Waals surface area contributed by atoms with Crippen molar-refractivity contribution in [1.82, 2.24) is 9.88 Å². The fourth-order valence-corrected chi connectivity index (χ4v) is 4.83. The van der Waals surface area contributed by atoms with Gasteiger partial charge in [-0.05, 0) is 41.3 Å². The van der Waals surface area contributed by atoms with E-state index in [0.717, 1.165) is 28.4 Å². The molecule has 0 radical (unpaired) electrons. The van der Waals surface area contributed by atoms with Gasteiger partial charge >= 0.3 is 6.09 Å². The second-order valence-electron chi connectivity index (χ2n) is 7.91. The van der Waals surface area contributed by atoms with Crippen LogP contribution >= 0.6 is 11.3 Å². The van der Waals surface area contributed by atoms with Gasteiger partial charge in [-0.15, -0.1) is 11.3 Å². The zero-order valence-electron chi connectivity index (χ0n) is 18.0. The minimum absolute atomic E-state index is 0.172. The maximum absolute atomic E-state index is 13.8. The lowest BCUT2D eigenvalue weighted by Crippen LogP contribution is -2.46. The summed E-state index contributed by atoms with van der Waals surface area (Å²) >= 11 is 1.39. The molecule has 4 aromatic rings. The van der Waals surface area contributed by atoms with E-state index in [4.69, 9.17) is 4.74 Å². The Morgan fingerprint density at radius 2 is 1.82 bits per heavy atom. The van der Waals surface area contributed by atoms with Gasteiger partial charge in [0.2, 0.25) is 0 Å². The highest BCUT2D eigenvalue weighted by atomic mass is 32.1. The standard InChI is InChI=1S/C26H23N3O3S/c30-24(23-11-6-15-28(23)26(31)32-18-19-7-2-1-3-8-19)29(25-27-14-16-33-25)22-13-12-20-9-4-5-10-21(20)17-22/h1-5,7-10,12-14,16-17,23H,6,11,15,18H2. The molecule has 5 rings (SSSR count). The van der Waals surface area contributed by atoms with Gasteiger partial charge < -0.3 is 4.74 Å². The molecular weight excluding hydrogens is 434 g/mol. The summed E-state index contributed by atoms with van der Waals surface area (Å²) in [4.78, 5) is 34.3. The van der Waals surface area contributed by atoms with Gasteiger partial charge in [0.15, 0.2) is 5.13 Å². The first-order valence-electron chi connectivity index (χ1n) is 10.9. The summed E-state index contributed by atoms with van der Waals surface area (Å²) in [6.45, 7) is 0.672. The molecule has 0 N–H and O–H groups in total. The Kier molecular flexibility index (Phi) is 6.04. The van der Waals surface area contributed by atoms with Crippen LogP contribution < -0.4 is 4.90 Å². The van der Waals surface area contributed by atoms with Crippen molar-refractivity contribution in [2.75, 3.05) is 11.4 Å². The number of carbonyl (C=O) groups is 2. The van der Waals surface area contributed by atoms with Crippen molar-refractivity contribution in [2.24, 2.45) is 0 Å². The zero-order chi connectivity index (χ0) is 22.6. The lowest BCUT2D eigenvalue weighted by Gasteiger charge is -2.28. The van der Waals surface area contributed by atoms with Crippen LogP contribution in [0.3, 0.4) is 0 Å². The third-order valence-electron chi connectivity index (χ3n) is 5.80. The zero-order valence-corrected chi connectivity index (χ0v) is 18.8. The van der Waals surface area contributed by atoms with E-state index in [1.807, 2.05) is 78.2 Å². The van der Waals surface area contributed by atoms with Gasteiger partial charge in [-0.2, -0.15) is 0 Å². The van der Waals surface area contributed by atoms with E-state index in [2.05, 4.69) is 4.98 Å². The number of fused-ring (bicyclic) bond motifs is 1. The van der Waals surface area contributed by atoms with Gasteiger partial charge in [0.05, 0.1) is 5.69 Å². The van der Waals surface area contributed by atoms with Gasteiger partial charge in [-0.25, -0.2) is 9.78 Å². The van der Waals surface area contributed by atoms with Crippen molar-refractivity contribution in [3.8, 4) is 0 Å². The molecule has 2 heterocycles. The summed E-state index contributed by atoms with van der Waals surface area (Å²) in [6.07, 6.45) is 2.56. The lowest BCUT2D eigenvalue weighted by atomic mass is 10.1. The molecule has 1 unspecified atom stereocenters. The van der Waals surface area contributed by atoms with Crippen LogP contribution in [0.15, 0.2) is 84.4 Å². The molecule has 7 heteroatoms. The first kappa shape index (κ1) is 21.2. The third kappa shape index (κ3) is 4.45. The minimum Gasteiger partial charge on any atom is -0.445 e. The number of hydrogen-bond donors (Lipinski definition) is 0. The number of ether oxygens (including phenoxy) is 1. The minimum atomic E-state index is -0.594. The fourth-order valence-electron chi connectivity index (χ4n) is 4.17. The molecule has 0 saturated carbocycles. The molecule has 0 aliphatic carbocycles. The highest BCUT2D eigenvalue weighted by molar-refractivity contribution is 7.13. The fraction of sp³-hybridized carbons (Fsp3) is 0.192. The summed E-state index contributed by atoms with van der Waals surface area (Å²) in [5, 5.41) is 4.56. The number of thiazole rings is 1. The highest BCUT2D eigenvalue weighted by Crippen LogP contribution is 2.33. The van der Waals surface area contributed by atoms with Crippen LogP contribution in [0.1, 0.15) is 18.4 Å². The molecule has 6 nitrogen and oxygen atoms in total. The molecule has 1 atom stereocenters. The second-order valence-corrected chi connectivity index (χ2v) is 8.78. The Hall–Kier alpha value is -3.71. The summed E-state index contributed by atoms with van der Waals surface area (Å²) in [5.74, 6) is -0.172. The second kappa shape index (κ2) is 9.42. The highest BCUT2D eigenvalue weighted by Gasteiger charge is 2.39. The van der Waals surface area contributed by atoms with E-state index in [-0.39, 0.29) is 12.5 Å². The number of aromatic nitrogens is 1. The average molecular weight is 458 g/mol. The first-order chi connectivity index (χ1) is 16.2. The van der Waals surface area contributed by atoms with Crippen LogP contribution in [0.2, 0.25) is 0 Å². The van der Waals surface area contributed by atoms with E-state index >= 15 is 0 Å². The number of anilines is 2. The summed E-state index contributed by atoms with van der Waals surface area (Å²) < 4.78 is 5.53. The smallest absolute Gasteiger partial charge is 0.410 e. The van der Waals surface area contributed by atoms with Crippen molar-refractivity contribution < 1.29 is 14.3 Å². The van der Waals surface area contributed by atoms with Gasteiger partial charge in [-0.1, -0.05) is 60.7 Å². The Morgan fingerprint density at radius 1 is 1.03 bits per heavy atom. The summed E-state index contributed by atoms with van der Waals surface area (Å²) in [6, 6.07) is 22.9. The van der Waals surface area contributed by atoms with Crippen molar-refractivity contribution in [1.29, 1.82) is 0 Å². The molecule has 1 saturated heterocycles. The molecule has 3 aromatic carbocycles. The number of nitrogens with zero attached hydrogens (tertiary/aromatic N) is 3. The molecule has 1 aromatic heterocycles. The van der Waals surface area contributed by atoms with E-state index in [0.29, 0.717) is 18.1 Å². The molecule has 1 aliphatic heterocycles. The van der Waals surface area contributed by atoms with Gasteiger partial charge in [0, 0.05) is 18.1 Å². The maximum Gasteiger partial charge on any atom is 0.410 e. The predicted molar refractivity (Wildman–Crippen MR) is 130 cm³/mol. The lowest BCUT2D eigenvalue weighted by molar-refractivity contribution is -0.121. The number of amides is 2. The number of likely N-dealkylation sites (tertiary alicyclic amines) is 1. The van der Waals surface area contributed by atoms with Crippen LogP contribution in [0.25, 0.3) is 10.8 Å². The first-order valence-corrected chi connectivity index (χ1v) is 11.8. The van der Waals surface area contributed by atoms with Crippen molar-refractivity contribution in [3.05, 3.63) is 89.9 Å². The van der Waals surface area contributed by atoms with Crippen molar-refractivity contribution in [2.45, 2.75) is 25.5 Å². The van der Waals surface area contributed by atoms with Crippen molar-refractivity contribution >= 4 is 44.9 Å². The van der Waals surface area contributed by atoms with Crippen LogP contribution in [0, 0.1) is 0 Å². The molecule has 1 aliphatic rings. The molecule has 0 bridgehead atoms. The normalized spacial score (nSPS) is 15.5. The van der Waals surface area contributed by atoms with Gasteiger partial charge in [0.1, 0.15) is 12.6 Å². The number of benzene rings is 3. The quantitative estimate of drug-likeness (QED) is 0.382. The summed E-state index contributed by atoms with van der Waals surface area (Å²) in [5.41, 5.74) is 1.65. The third-order valence-corrected chi connectivity index (χ3v) is 6.56. The van der Waals surface area contributed by atoms with Gasteiger partial charge in [-0.3, -0.25) is 14.6 Å². The van der Waals surface area contributed by atoms with Crippen LogP contribution in [0.4, 0.5) is 15.6 Å². The Labute approximate surface area is 196 Å². The molecule has 0 spiro atoms. The molecule has 33 heavy (non-hydrogen) atoms. The molecule has 1 fully saturated rings. The van der Waals surface area contributed by atoms with Crippen LogP contribution in [0.5, 0.6) is 0 Å². The molecule has 2 amide bonds. The van der Waals surface area contributed by atoms with E-state index in [9.17, 15) is 9.59 Å². The molecular formula is C26H23N3O3S.